The maximum absolute atomic E-state index is 11.4. The van der Waals surface area contributed by atoms with Gasteiger partial charge < -0.3 is 14.5 Å². The molecule has 5 heteroatoms. The van der Waals surface area contributed by atoms with Crippen molar-refractivity contribution in [1.82, 2.24) is 10.3 Å². The second-order valence-corrected chi connectivity index (χ2v) is 5.27. The number of aromatic nitrogens is 1. The van der Waals surface area contributed by atoms with Crippen molar-refractivity contribution in [3.05, 3.63) is 59.7 Å². The number of furan rings is 1. The van der Waals surface area contributed by atoms with Crippen LogP contribution < -0.4 is 5.32 Å². The molecule has 0 unspecified atom stereocenters. The van der Waals surface area contributed by atoms with E-state index in [9.17, 15) is 9.90 Å². The van der Waals surface area contributed by atoms with Crippen LogP contribution in [0.15, 0.2) is 47.1 Å². The molecule has 4 rings (SSSR count). The Labute approximate surface area is 120 Å². The summed E-state index contributed by atoms with van der Waals surface area (Å²) in [5.74, 6) is -0.128. The fraction of sp³-hybridized carbons (Fsp3) is 0.188. The van der Waals surface area contributed by atoms with E-state index in [-0.39, 0.29) is 6.04 Å². The molecule has 5 nitrogen and oxygen atoms in total. The van der Waals surface area contributed by atoms with Crippen molar-refractivity contribution in [3.63, 3.8) is 0 Å². The summed E-state index contributed by atoms with van der Waals surface area (Å²) in [6.45, 7) is 0. The van der Waals surface area contributed by atoms with Gasteiger partial charge in [-0.2, -0.15) is 0 Å². The summed E-state index contributed by atoms with van der Waals surface area (Å²) >= 11 is 0. The van der Waals surface area contributed by atoms with Crippen molar-refractivity contribution in [3.8, 4) is 0 Å². The fourth-order valence-corrected chi connectivity index (χ4v) is 3.07. The Bertz CT molecular complexity index is 804. The van der Waals surface area contributed by atoms with Crippen LogP contribution in [0, 0.1) is 0 Å². The molecule has 0 aliphatic carbocycles. The topological polar surface area (TPSA) is 78.3 Å². The second-order valence-electron chi connectivity index (χ2n) is 5.27. The monoisotopic (exact) mass is 282 g/mol. The molecule has 21 heavy (non-hydrogen) atoms. The van der Waals surface area contributed by atoms with Crippen molar-refractivity contribution in [2.24, 2.45) is 0 Å². The van der Waals surface area contributed by atoms with E-state index in [0.717, 1.165) is 22.2 Å². The summed E-state index contributed by atoms with van der Waals surface area (Å²) in [7, 11) is 0. The Hall–Kier alpha value is -2.53. The Morgan fingerprint density at radius 1 is 1.24 bits per heavy atom. The Balaban J connectivity index is 1.92. The number of aromatic amines is 1. The molecule has 2 atom stereocenters. The SMILES string of the molecule is O=C(O)[C@@H]1Cc2c([nH]c3ccccc23)[C@H](c2ccco2)N1. The van der Waals surface area contributed by atoms with Crippen LogP contribution in [0.2, 0.25) is 0 Å². The minimum Gasteiger partial charge on any atom is -0.480 e. The predicted octanol–water partition coefficient (Wildman–Crippen LogP) is 2.45. The van der Waals surface area contributed by atoms with Crippen molar-refractivity contribution in [2.45, 2.75) is 18.5 Å². The quantitative estimate of drug-likeness (QED) is 0.674. The smallest absolute Gasteiger partial charge is 0.321 e. The first-order chi connectivity index (χ1) is 10.2. The zero-order chi connectivity index (χ0) is 14.4. The van der Waals surface area contributed by atoms with Gasteiger partial charge in [0.15, 0.2) is 0 Å². The van der Waals surface area contributed by atoms with E-state index in [1.807, 2.05) is 36.4 Å². The standard InChI is InChI=1S/C16H14N2O3/c19-16(20)12-8-10-9-4-1-2-5-11(9)17-14(10)15(18-12)13-6-3-7-21-13/h1-7,12,15,17-18H,8H2,(H,19,20)/t12-,15-/m0/s1. The minimum absolute atomic E-state index is 0.266. The number of rotatable bonds is 2. The molecule has 0 bridgehead atoms. The molecule has 3 N–H and O–H groups in total. The number of carboxylic acids is 1. The minimum atomic E-state index is -0.845. The van der Waals surface area contributed by atoms with Gasteiger partial charge in [-0.25, -0.2) is 0 Å². The van der Waals surface area contributed by atoms with Crippen LogP contribution in [0.1, 0.15) is 23.1 Å². The number of carboxylic acid groups (broad SMARTS) is 1. The van der Waals surface area contributed by atoms with Crippen molar-refractivity contribution in [1.29, 1.82) is 0 Å². The molecule has 3 heterocycles. The van der Waals surface area contributed by atoms with Gasteiger partial charge >= 0.3 is 5.97 Å². The molecular weight excluding hydrogens is 268 g/mol. The molecule has 1 aromatic carbocycles. The van der Waals surface area contributed by atoms with E-state index >= 15 is 0 Å². The lowest BCUT2D eigenvalue weighted by molar-refractivity contribution is -0.139. The third kappa shape index (κ3) is 1.86. The van der Waals surface area contributed by atoms with Gasteiger partial charge in [-0.1, -0.05) is 18.2 Å². The maximum atomic E-state index is 11.4. The molecule has 0 saturated carbocycles. The molecule has 3 aromatic rings. The van der Waals surface area contributed by atoms with E-state index in [2.05, 4.69) is 10.3 Å². The average molecular weight is 282 g/mol. The van der Waals surface area contributed by atoms with Gasteiger partial charge in [-0.3, -0.25) is 10.1 Å². The molecule has 0 fully saturated rings. The van der Waals surface area contributed by atoms with E-state index in [0.29, 0.717) is 12.2 Å². The van der Waals surface area contributed by atoms with Crippen molar-refractivity contribution in [2.75, 3.05) is 0 Å². The Kier molecular flexibility index (Phi) is 2.62. The van der Waals surface area contributed by atoms with E-state index in [1.54, 1.807) is 6.26 Å². The lowest BCUT2D eigenvalue weighted by Crippen LogP contribution is -2.44. The molecule has 0 radical (unpaired) electrons. The zero-order valence-electron chi connectivity index (χ0n) is 11.2. The third-order valence-electron chi connectivity index (χ3n) is 4.04. The van der Waals surface area contributed by atoms with Crippen LogP contribution in [0.3, 0.4) is 0 Å². The highest BCUT2D eigenvalue weighted by molar-refractivity contribution is 5.87. The molecule has 1 aliphatic heterocycles. The molecule has 1 aliphatic rings. The van der Waals surface area contributed by atoms with Gasteiger partial charge in [0.2, 0.25) is 0 Å². The van der Waals surface area contributed by atoms with Gasteiger partial charge in [-0.05, 0) is 23.8 Å². The zero-order valence-corrected chi connectivity index (χ0v) is 11.2. The number of aliphatic carboxylic acids is 1. The second kappa shape index (κ2) is 4.49. The summed E-state index contributed by atoms with van der Waals surface area (Å²) in [6.07, 6.45) is 2.07. The van der Waals surface area contributed by atoms with Crippen molar-refractivity contribution < 1.29 is 14.3 Å². The van der Waals surface area contributed by atoms with Gasteiger partial charge in [0, 0.05) is 23.0 Å². The van der Waals surface area contributed by atoms with Crippen LogP contribution in [-0.2, 0) is 11.2 Å². The van der Waals surface area contributed by atoms with Crippen LogP contribution in [0.5, 0.6) is 0 Å². The molecular formula is C16H14N2O3. The number of hydrogen-bond donors (Lipinski definition) is 3. The Morgan fingerprint density at radius 2 is 2.10 bits per heavy atom. The fourth-order valence-electron chi connectivity index (χ4n) is 3.07. The normalized spacial score (nSPS) is 21.3. The van der Waals surface area contributed by atoms with Gasteiger partial charge in [0.25, 0.3) is 0 Å². The van der Waals surface area contributed by atoms with Crippen LogP contribution in [0.25, 0.3) is 10.9 Å². The highest BCUT2D eigenvalue weighted by Crippen LogP contribution is 2.35. The van der Waals surface area contributed by atoms with Gasteiger partial charge in [0.05, 0.1) is 6.26 Å². The largest absolute Gasteiger partial charge is 0.480 e. The number of para-hydroxylation sites is 1. The number of hydrogen-bond acceptors (Lipinski definition) is 3. The van der Waals surface area contributed by atoms with E-state index in [1.165, 1.54) is 0 Å². The molecule has 0 saturated heterocycles. The Morgan fingerprint density at radius 3 is 2.86 bits per heavy atom. The molecule has 0 spiro atoms. The number of fused-ring (bicyclic) bond motifs is 3. The molecule has 0 amide bonds. The van der Waals surface area contributed by atoms with E-state index < -0.39 is 12.0 Å². The lowest BCUT2D eigenvalue weighted by Gasteiger charge is -2.27. The maximum Gasteiger partial charge on any atom is 0.321 e. The van der Waals surface area contributed by atoms with E-state index in [4.69, 9.17) is 4.42 Å². The number of carbonyl (C=O) groups is 1. The first kappa shape index (κ1) is 12.2. The van der Waals surface area contributed by atoms with Crippen LogP contribution >= 0.6 is 0 Å². The van der Waals surface area contributed by atoms with Gasteiger partial charge in [-0.15, -0.1) is 0 Å². The first-order valence-corrected chi connectivity index (χ1v) is 6.86. The third-order valence-corrected chi connectivity index (χ3v) is 4.04. The van der Waals surface area contributed by atoms with Crippen molar-refractivity contribution >= 4 is 16.9 Å². The summed E-state index contributed by atoms with van der Waals surface area (Å²) in [4.78, 5) is 14.8. The predicted molar refractivity (Wildman–Crippen MR) is 77.1 cm³/mol. The molecule has 2 aromatic heterocycles. The highest BCUT2D eigenvalue weighted by atomic mass is 16.4. The summed E-state index contributed by atoms with van der Waals surface area (Å²) < 4.78 is 5.48. The highest BCUT2D eigenvalue weighted by Gasteiger charge is 2.34. The summed E-state index contributed by atoms with van der Waals surface area (Å²) in [5, 5.41) is 13.6. The van der Waals surface area contributed by atoms with Crippen LogP contribution in [-0.4, -0.2) is 22.1 Å². The lowest BCUT2D eigenvalue weighted by atomic mass is 9.93. The number of nitrogens with one attached hydrogen (secondary N) is 2. The van der Waals surface area contributed by atoms with Crippen LogP contribution in [0.4, 0.5) is 0 Å². The summed E-state index contributed by atoms with van der Waals surface area (Å²) in [6, 6.07) is 10.7. The summed E-state index contributed by atoms with van der Waals surface area (Å²) in [5.41, 5.74) is 3.06. The number of H-pyrrole nitrogens is 1. The molecule has 106 valence electrons. The average Bonchev–Trinajstić information content (AvgIpc) is 3.13. The first-order valence-electron chi connectivity index (χ1n) is 6.86. The van der Waals surface area contributed by atoms with Gasteiger partial charge in [0.1, 0.15) is 17.8 Å². The number of benzene rings is 1.